The molecule has 0 fully saturated rings. The molecule has 0 heterocycles. The second kappa shape index (κ2) is 5.16. The Bertz CT molecular complexity index is 148. The molecule has 0 aliphatic heterocycles. The largest absolute Gasteiger partial charge is 0.376 e. The van der Waals surface area contributed by atoms with Gasteiger partial charge >= 0.3 is 0 Å². The first-order chi connectivity index (χ1) is 6.10. The van der Waals surface area contributed by atoms with Gasteiger partial charge in [0.2, 0.25) is 0 Å². The molecule has 0 saturated heterocycles. The van der Waals surface area contributed by atoms with Gasteiger partial charge < -0.3 is 4.74 Å². The first-order valence-corrected chi connectivity index (χ1v) is 5.74. The van der Waals surface area contributed by atoms with Gasteiger partial charge in [0, 0.05) is 6.61 Å². The predicted molar refractivity (Wildman–Crippen MR) is 63.6 cm³/mol. The zero-order chi connectivity index (χ0) is 11.4. The third-order valence-electron chi connectivity index (χ3n) is 2.11. The van der Waals surface area contributed by atoms with Crippen molar-refractivity contribution in [2.75, 3.05) is 6.61 Å². The Kier molecular flexibility index (Phi) is 5.14. The highest BCUT2D eigenvalue weighted by molar-refractivity contribution is 4.67. The Balaban J connectivity index is 3.60. The first kappa shape index (κ1) is 14.0. The minimum atomic E-state index is 0.0153. The van der Waals surface area contributed by atoms with Crippen LogP contribution in [0.4, 0.5) is 0 Å². The second-order valence-electron chi connectivity index (χ2n) is 6.62. The molecule has 0 aromatic heterocycles. The van der Waals surface area contributed by atoms with Crippen LogP contribution in [0.15, 0.2) is 0 Å². The third-order valence-corrected chi connectivity index (χ3v) is 2.11. The summed E-state index contributed by atoms with van der Waals surface area (Å²) in [4.78, 5) is 0. The van der Waals surface area contributed by atoms with Crippen LogP contribution in [0, 0.1) is 11.3 Å². The third kappa shape index (κ3) is 10.0. The summed E-state index contributed by atoms with van der Waals surface area (Å²) in [7, 11) is 0. The van der Waals surface area contributed by atoms with Gasteiger partial charge in [-0.05, 0) is 44.9 Å². The number of rotatable bonds is 4. The molecule has 86 valence electrons. The van der Waals surface area contributed by atoms with Gasteiger partial charge in [-0.1, -0.05) is 27.7 Å². The van der Waals surface area contributed by atoms with Crippen molar-refractivity contribution in [3.8, 4) is 0 Å². The normalized spacial score (nSPS) is 15.6. The summed E-state index contributed by atoms with van der Waals surface area (Å²) >= 11 is 0. The molecule has 0 aliphatic rings. The van der Waals surface area contributed by atoms with E-state index in [0.29, 0.717) is 5.41 Å². The summed E-state index contributed by atoms with van der Waals surface area (Å²) in [6, 6.07) is 0. The lowest BCUT2D eigenvalue weighted by Gasteiger charge is -2.25. The molecule has 0 saturated carbocycles. The molecule has 14 heavy (non-hydrogen) atoms. The van der Waals surface area contributed by atoms with Gasteiger partial charge in [0.25, 0.3) is 0 Å². The molecule has 1 unspecified atom stereocenters. The lowest BCUT2D eigenvalue weighted by Crippen LogP contribution is -2.21. The van der Waals surface area contributed by atoms with Crippen LogP contribution in [0.1, 0.15) is 61.3 Å². The van der Waals surface area contributed by atoms with Crippen LogP contribution in [-0.2, 0) is 4.74 Å². The predicted octanol–water partition coefficient (Wildman–Crippen LogP) is 4.26. The topological polar surface area (TPSA) is 9.23 Å². The van der Waals surface area contributed by atoms with Gasteiger partial charge in [-0.15, -0.1) is 0 Å². The van der Waals surface area contributed by atoms with E-state index in [1.54, 1.807) is 0 Å². The molecule has 0 radical (unpaired) electrons. The van der Waals surface area contributed by atoms with E-state index in [0.717, 1.165) is 12.5 Å². The molecular weight excluding hydrogens is 172 g/mol. The summed E-state index contributed by atoms with van der Waals surface area (Å²) in [5, 5.41) is 0. The molecule has 0 aromatic rings. The van der Waals surface area contributed by atoms with E-state index < -0.39 is 0 Å². The Morgan fingerprint density at radius 2 is 1.50 bits per heavy atom. The molecule has 0 rings (SSSR count). The van der Waals surface area contributed by atoms with Crippen LogP contribution in [0.5, 0.6) is 0 Å². The zero-order valence-electron chi connectivity index (χ0n) is 11.1. The van der Waals surface area contributed by atoms with Crippen LogP contribution in [0.3, 0.4) is 0 Å². The molecule has 1 atom stereocenters. The molecule has 1 nitrogen and oxygen atoms in total. The fraction of sp³-hybridized carbons (Fsp3) is 1.00. The van der Waals surface area contributed by atoms with Crippen molar-refractivity contribution in [2.24, 2.45) is 11.3 Å². The van der Waals surface area contributed by atoms with Gasteiger partial charge in [0.1, 0.15) is 0 Å². The summed E-state index contributed by atoms with van der Waals surface area (Å²) in [5.41, 5.74) is 0.461. The number of ether oxygens (including phenoxy) is 1. The zero-order valence-corrected chi connectivity index (χ0v) is 11.1. The van der Waals surface area contributed by atoms with E-state index in [9.17, 15) is 0 Å². The maximum atomic E-state index is 5.71. The molecular formula is C13H28O. The maximum Gasteiger partial charge on any atom is 0.0598 e. The Labute approximate surface area is 90.2 Å². The standard InChI is InChI=1S/C13H28O/c1-11(10-12(2,3)4)8-9-14-13(5,6)7/h11H,8-10H2,1-7H3. The van der Waals surface area contributed by atoms with Gasteiger partial charge in [-0.2, -0.15) is 0 Å². The average Bonchev–Trinajstić information content (AvgIpc) is 1.78. The summed E-state index contributed by atoms with van der Waals surface area (Å²) in [5.74, 6) is 0.761. The monoisotopic (exact) mass is 200 g/mol. The highest BCUT2D eigenvalue weighted by atomic mass is 16.5. The molecule has 0 bridgehead atoms. The van der Waals surface area contributed by atoms with Crippen molar-refractivity contribution >= 4 is 0 Å². The van der Waals surface area contributed by atoms with E-state index in [1.165, 1.54) is 12.8 Å². The minimum absolute atomic E-state index is 0.0153. The lowest BCUT2D eigenvalue weighted by atomic mass is 9.84. The van der Waals surface area contributed by atoms with Gasteiger partial charge in [0.15, 0.2) is 0 Å². The molecule has 1 heteroatoms. The first-order valence-electron chi connectivity index (χ1n) is 5.74. The Hall–Kier alpha value is -0.0400. The molecule has 0 amide bonds. The number of hydrogen-bond acceptors (Lipinski definition) is 1. The number of hydrogen-bond donors (Lipinski definition) is 0. The van der Waals surface area contributed by atoms with Crippen molar-refractivity contribution in [3.63, 3.8) is 0 Å². The van der Waals surface area contributed by atoms with Crippen molar-refractivity contribution in [1.82, 2.24) is 0 Å². The van der Waals surface area contributed by atoms with E-state index in [-0.39, 0.29) is 5.60 Å². The smallest absolute Gasteiger partial charge is 0.0598 e. The van der Waals surface area contributed by atoms with Crippen LogP contribution < -0.4 is 0 Å². The summed E-state index contributed by atoms with van der Waals surface area (Å²) in [6.07, 6.45) is 2.45. The highest BCUT2D eigenvalue weighted by Gasteiger charge is 2.16. The Morgan fingerprint density at radius 1 is 1.00 bits per heavy atom. The molecule has 0 aromatic carbocycles. The van der Waals surface area contributed by atoms with Crippen molar-refractivity contribution in [3.05, 3.63) is 0 Å². The quantitative estimate of drug-likeness (QED) is 0.658. The fourth-order valence-electron chi connectivity index (χ4n) is 1.71. The molecule has 0 spiro atoms. The van der Waals surface area contributed by atoms with Crippen LogP contribution in [-0.4, -0.2) is 12.2 Å². The van der Waals surface area contributed by atoms with Crippen molar-refractivity contribution < 1.29 is 4.74 Å². The van der Waals surface area contributed by atoms with Crippen LogP contribution in [0.25, 0.3) is 0 Å². The van der Waals surface area contributed by atoms with E-state index in [2.05, 4.69) is 48.5 Å². The highest BCUT2D eigenvalue weighted by Crippen LogP contribution is 2.26. The average molecular weight is 200 g/mol. The van der Waals surface area contributed by atoms with Gasteiger partial charge in [-0.25, -0.2) is 0 Å². The minimum Gasteiger partial charge on any atom is -0.376 e. The van der Waals surface area contributed by atoms with Gasteiger partial charge in [0.05, 0.1) is 5.60 Å². The van der Waals surface area contributed by atoms with Crippen LogP contribution in [0.2, 0.25) is 0 Å². The molecule has 0 aliphatic carbocycles. The van der Waals surface area contributed by atoms with Crippen molar-refractivity contribution in [2.45, 2.75) is 66.9 Å². The lowest BCUT2D eigenvalue weighted by molar-refractivity contribution is -0.0100. The molecule has 0 N–H and O–H groups in total. The van der Waals surface area contributed by atoms with E-state index in [4.69, 9.17) is 4.74 Å². The maximum absolute atomic E-state index is 5.71. The Morgan fingerprint density at radius 3 is 1.86 bits per heavy atom. The van der Waals surface area contributed by atoms with Crippen molar-refractivity contribution in [1.29, 1.82) is 0 Å². The van der Waals surface area contributed by atoms with Gasteiger partial charge in [-0.3, -0.25) is 0 Å². The summed E-state index contributed by atoms with van der Waals surface area (Å²) < 4.78 is 5.71. The van der Waals surface area contributed by atoms with Crippen LogP contribution >= 0.6 is 0 Å². The second-order valence-corrected chi connectivity index (χ2v) is 6.62. The van der Waals surface area contributed by atoms with E-state index >= 15 is 0 Å². The SMILES string of the molecule is CC(CCOC(C)(C)C)CC(C)(C)C. The fourth-order valence-corrected chi connectivity index (χ4v) is 1.71. The summed E-state index contributed by atoms with van der Waals surface area (Å²) in [6.45, 7) is 16.4. The van der Waals surface area contributed by atoms with E-state index in [1.807, 2.05) is 0 Å².